The van der Waals surface area contributed by atoms with Gasteiger partial charge in [0.1, 0.15) is 12.5 Å². The summed E-state index contributed by atoms with van der Waals surface area (Å²) in [6, 6.07) is 4.31. The van der Waals surface area contributed by atoms with Crippen molar-refractivity contribution >= 4 is 16.9 Å². The van der Waals surface area contributed by atoms with E-state index in [0.29, 0.717) is 18.3 Å². The maximum Gasteiger partial charge on any atom is 0.340 e. The fraction of sp³-hybridized carbons (Fsp3) is 0.438. The lowest BCUT2D eigenvalue weighted by molar-refractivity contribution is 0.0601. The number of carbonyl (C=O) groups is 1. The van der Waals surface area contributed by atoms with Gasteiger partial charge in [-0.3, -0.25) is 4.90 Å². The molecule has 112 valence electrons. The Morgan fingerprint density at radius 1 is 1.43 bits per heavy atom. The molecule has 0 atom stereocenters. The van der Waals surface area contributed by atoms with E-state index < -0.39 is 0 Å². The van der Waals surface area contributed by atoms with Gasteiger partial charge in [-0.15, -0.1) is 0 Å². The smallest absolute Gasteiger partial charge is 0.340 e. The number of benzene rings is 1. The van der Waals surface area contributed by atoms with E-state index in [1.165, 1.54) is 7.11 Å². The third-order valence-corrected chi connectivity index (χ3v) is 4.08. The van der Waals surface area contributed by atoms with Crippen LogP contribution in [0.15, 0.2) is 12.1 Å². The molecule has 0 spiro atoms. The van der Waals surface area contributed by atoms with Crippen molar-refractivity contribution in [2.75, 3.05) is 13.8 Å². The topological polar surface area (TPSA) is 54.6 Å². The van der Waals surface area contributed by atoms with Crippen LogP contribution in [0.2, 0.25) is 0 Å². The predicted molar refractivity (Wildman–Crippen MR) is 80.5 cm³/mol. The van der Waals surface area contributed by atoms with Gasteiger partial charge in [-0.25, -0.2) is 4.79 Å². The molecule has 0 saturated carbocycles. The molecule has 2 heterocycles. The lowest BCUT2D eigenvalue weighted by atomic mass is 10.0. The van der Waals surface area contributed by atoms with Crippen LogP contribution in [0.25, 0.3) is 10.9 Å². The van der Waals surface area contributed by atoms with Crippen molar-refractivity contribution in [3.05, 3.63) is 29.0 Å². The molecule has 21 heavy (non-hydrogen) atoms. The number of esters is 1. The SMILES string of the molecule is COC(=O)c1c(C)[nH]c2ccc3c(c12)CN(C(C)C)CO3. The van der Waals surface area contributed by atoms with E-state index in [1.54, 1.807) is 0 Å². The van der Waals surface area contributed by atoms with Crippen LogP contribution in [-0.2, 0) is 11.3 Å². The fourth-order valence-electron chi connectivity index (χ4n) is 2.85. The highest BCUT2D eigenvalue weighted by molar-refractivity contribution is 6.07. The third kappa shape index (κ3) is 2.17. The number of fused-ring (bicyclic) bond motifs is 3. The third-order valence-electron chi connectivity index (χ3n) is 4.08. The molecule has 5 heteroatoms. The summed E-state index contributed by atoms with van der Waals surface area (Å²) in [5.41, 5.74) is 3.43. The molecule has 5 nitrogen and oxygen atoms in total. The van der Waals surface area contributed by atoms with Crippen LogP contribution in [-0.4, -0.2) is 35.7 Å². The van der Waals surface area contributed by atoms with Crippen LogP contribution in [0, 0.1) is 6.92 Å². The molecule has 2 aromatic rings. The standard InChI is InChI=1S/C16H20N2O3/c1-9(2)18-7-11-13(21-8-18)6-5-12-15(11)14(10(3)17-12)16(19)20-4/h5-6,9,17H,7-8H2,1-4H3. The van der Waals surface area contributed by atoms with E-state index in [9.17, 15) is 4.79 Å². The number of ether oxygens (including phenoxy) is 2. The normalized spacial score (nSPS) is 15.1. The molecule has 0 unspecified atom stereocenters. The summed E-state index contributed by atoms with van der Waals surface area (Å²) in [5.74, 6) is 0.539. The lowest BCUT2D eigenvalue weighted by Gasteiger charge is -2.32. The van der Waals surface area contributed by atoms with E-state index >= 15 is 0 Å². The first kappa shape index (κ1) is 13.9. The Hall–Kier alpha value is -2.01. The number of aromatic nitrogens is 1. The van der Waals surface area contributed by atoms with E-state index in [4.69, 9.17) is 9.47 Å². The molecule has 0 amide bonds. The number of hydrogen-bond acceptors (Lipinski definition) is 4. The first-order valence-electron chi connectivity index (χ1n) is 7.12. The van der Waals surface area contributed by atoms with Gasteiger partial charge in [-0.2, -0.15) is 0 Å². The molecule has 1 aromatic heterocycles. The van der Waals surface area contributed by atoms with Crippen LogP contribution >= 0.6 is 0 Å². The van der Waals surface area contributed by atoms with Crippen LogP contribution in [0.3, 0.4) is 0 Å². The Labute approximate surface area is 123 Å². The highest BCUT2D eigenvalue weighted by Gasteiger charge is 2.26. The Balaban J connectivity index is 2.22. The zero-order chi connectivity index (χ0) is 15.1. The van der Waals surface area contributed by atoms with Gasteiger partial charge >= 0.3 is 5.97 Å². The first-order valence-corrected chi connectivity index (χ1v) is 7.12. The van der Waals surface area contributed by atoms with Crippen LogP contribution < -0.4 is 4.74 Å². The summed E-state index contributed by atoms with van der Waals surface area (Å²) >= 11 is 0. The van der Waals surface area contributed by atoms with E-state index in [2.05, 4.69) is 23.7 Å². The van der Waals surface area contributed by atoms with Crippen LogP contribution in [0.5, 0.6) is 5.75 Å². The maximum absolute atomic E-state index is 12.1. The lowest BCUT2D eigenvalue weighted by Crippen LogP contribution is -2.37. The van der Waals surface area contributed by atoms with Gasteiger partial charge in [-0.1, -0.05) is 0 Å². The average Bonchev–Trinajstić information content (AvgIpc) is 2.82. The summed E-state index contributed by atoms with van der Waals surface area (Å²) in [7, 11) is 1.41. The number of nitrogens with one attached hydrogen (secondary N) is 1. The number of aromatic amines is 1. The van der Waals surface area contributed by atoms with Crippen molar-refractivity contribution in [3.63, 3.8) is 0 Å². The van der Waals surface area contributed by atoms with Crippen molar-refractivity contribution in [3.8, 4) is 5.75 Å². The number of methoxy groups -OCH3 is 1. The van der Waals surface area contributed by atoms with Crippen molar-refractivity contribution in [2.45, 2.75) is 33.4 Å². The zero-order valence-corrected chi connectivity index (χ0v) is 12.8. The maximum atomic E-state index is 12.1. The molecule has 1 aromatic carbocycles. The highest BCUT2D eigenvalue weighted by atomic mass is 16.5. The second-order valence-corrected chi connectivity index (χ2v) is 5.70. The fourth-order valence-corrected chi connectivity index (χ4v) is 2.85. The van der Waals surface area contributed by atoms with Crippen LogP contribution in [0.4, 0.5) is 0 Å². The Morgan fingerprint density at radius 2 is 2.19 bits per heavy atom. The molecule has 1 aliphatic rings. The van der Waals surface area contributed by atoms with Crippen molar-refractivity contribution in [2.24, 2.45) is 0 Å². The summed E-state index contributed by atoms with van der Waals surface area (Å²) < 4.78 is 10.8. The molecule has 0 bridgehead atoms. The molecule has 0 fully saturated rings. The van der Waals surface area contributed by atoms with Crippen molar-refractivity contribution in [1.29, 1.82) is 0 Å². The van der Waals surface area contributed by atoms with E-state index in [1.807, 2.05) is 19.1 Å². The minimum Gasteiger partial charge on any atom is -0.478 e. The van der Waals surface area contributed by atoms with Gasteiger partial charge in [0.05, 0.1) is 12.7 Å². The van der Waals surface area contributed by atoms with Gasteiger partial charge in [0, 0.05) is 34.7 Å². The molecule has 0 radical (unpaired) electrons. The number of rotatable bonds is 2. The number of carbonyl (C=O) groups excluding carboxylic acids is 1. The Morgan fingerprint density at radius 3 is 2.86 bits per heavy atom. The summed E-state index contributed by atoms with van der Waals surface area (Å²) in [5, 5.41) is 0.919. The number of H-pyrrole nitrogens is 1. The van der Waals surface area contributed by atoms with Gasteiger partial charge in [0.25, 0.3) is 0 Å². The summed E-state index contributed by atoms with van der Waals surface area (Å²) in [6.07, 6.45) is 0. The summed E-state index contributed by atoms with van der Waals surface area (Å²) in [4.78, 5) is 17.6. The highest BCUT2D eigenvalue weighted by Crippen LogP contribution is 2.36. The molecule has 0 saturated heterocycles. The predicted octanol–water partition coefficient (Wildman–Crippen LogP) is 2.82. The van der Waals surface area contributed by atoms with Crippen molar-refractivity contribution < 1.29 is 14.3 Å². The number of aryl methyl sites for hydroxylation is 1. The second-order valence-electron chi connectivity index (χ2n) is 5.70. The number of hydrogen-bond donors (Lipinski definition) is 1. The molecule has 3 rings (SSSR count). The second kappa shape index (κ2) is 5.07. The number of nitrogens with zero attached hydrogens (tertiary/aromatic N) is 1. The van der Waals surface area contributed by atoms with Gasteiger partial charge in [0.15, 0.2) is 0 Å². The van der Waals surface area contributed by atoms with E-state index in [-0.39, 0.29) is 5.97 Å². The quantitative estimate of drug-likeness (QED) is 0.863. The zero-order valence-electron chi connectivity index (χ0n) is 12.8. The average molecular weight is 288 g/mol. The first-order chi connectivity index (χ1) is 10.0. The largest absolute Gasteiger partial charge is 0.478 e. The van der Waals surface area contributed by atoms with E-state index in [0.717, 1.165) is 34.5 Å². The molecule has 0 aliphatic carbocycles. The summed E-state index contributed by atoms with van der Waals surface area (Å²) in [6.45, 7) is 7.51. The Kier molecular flexibility index (Phi) is 3.37. The van der Waals surface area contributed by atoms with Gasteiger partial charge in [0.2, 0.25) is 0 Å². The molecule has 1 N–H and O–H groups in total. The van der Waals surface area contributed by atoms with Gasteiger partial charge in [-0.05, 0) is 32.9 Å². The molecular formula is C16H20N2O3. The molecule has 1 aliphatic heterocycles. The van der Waals surface area contributed by atoms with Gasteiger partial charge < -0.3 is 14.5 Å². The minimum absolute atomic E-state index is 0.311. The van der Waals surface area contributed by atoms with Crippen molar-refractivity contribution in [1.82, 2.24) is 9.88 Å². The minimum atomic E-state index is -0.311. The molecular weight excluding hydrogens is 268 g/mol. The Bertz CT molecular complexity index is 703. The van der Waals surface area contributed by atoms with Crippen LogP contribution in [0.1, 0.15) is 35.5 Å². The monoisotopic (exact) mass is 288 g/mol.